The van der Waals surface area contributed by atoms with Gasteiger partial charge in [-0.1, -0.05) is 0 Å². The number of benzene rings is 2. The van der Waals surface area contributed by atoms with Gasteiger partial charge in [0.1, 0.15) is 35.6 Å². The Morgan fingerprint density at radius 1 is 0.889 bits per heavy atom. The van der Waals surface area contributed by atoms with E-state index in [0.29, 0.717) is 0 Å². The van der Waals surface area contributed by atoms with E-state index in [9.17, 15) is 40.5 Å². The third-order valence-electron chi connectivity index (χ3n) is 5.77. The average Bonchev–Trinajstić information content (AvgIpc) is 2.85. The maximum atomic E-state index is 13.6. The van der Waals surface area contributed by atoms with Crippen molar-refractivity contribution < 1.29 is 59.1 Å². The lowest BCUT2D eigenvalue weighted by Crippen LogP contribution is -2.60. The molecule has 5 atom stereocenters. The summed E-state index contributed by atoms with van der Waals surface area (Å²) in [5.41, 5.74) is -1.21. The molecule has 0 aliphatic carbocycles. The Kier molecular flexibility index (Phi) is 6.84. The molecule has 2 aromatic carbocycles. The molecule has 0 radical (unpaired) electrons. The molecule has 0 spiro atoms. The van der Waals surface area contributed by atoms with Gasteiger partial charge in [-0.3, -0.25) is 4.79 Å². The molecule has 1 saturated heterocycles. The third-order valence-corrected chi connectivity index (χ3v) is 5.77. The molecule has 4 rings (SSSR count). The fourth-order valence-electron chi connectivity index (χ4n) is 3.89. The highest BCUT2D eigenvalue weighted by Gasteiger charge is 2.45. The summed E-state index contributed by atoms with van der Waals surface area (Å²) in [6, 6.07) is 4.75. The number of rotatable bonds is 6. The van der Waals surface area contributed by atoms with Crippen LogP contribution in [0, 0.1) is 0 Å². The van der Waals surface area contributed by atoms with Crippen LogP contribution in [0.1, 0.15) is 0 Å². The van der Waals surface area contributed by atoms with Crippen LogP contribution in [0.3, 0.4) is 0 Å². The summed E-state index contributed by atoms with van der Waals surface area (Å²) in [6.07, 6.45) is -8.42. The van der Waals surface area contributed by atoms with E-state index in [1.165, 1.54) is 32.4 Å². The van der Waals surface area contributed by atoms with Crippen LogP contribution in [0.2, 0.25) is 0 Å². The highest BCUT2D eigenvalue weighted by molar-refractivity contribution is 5.93. The summed E-state index contributed by atoms with van der Waals surface area (Å²) >= 11 is 0. The van der Waals surface area contributed by atoms with E-state index in [0.717, 1.165) is 6.07 Å². The number of hydrogen-bond donors (Lipinski definition) is 7. The van der Waals surface area contributed by atoms with Crippen LogP contribution >= 0.6 is 0 Å². The molecule has 1 aliphatic heterocycles. The second-order valence-electron chi connectivity index (χ2n) is 7.94. The molecule has 0 unspecified atom stereocenters. The van der Waals surface area contributed by atoms with Crippen LogP contribution in [-0.2, 0) is 4.74 Å². The van der Waals surface area contributed by atoms with Gasteiger partial charge in [0.15, 0.2) is 28.6 Å². The zero-order chi connectivity index (χ0) is 26.3. The van der Waals surface area contributed by atoms with Crippen molar-refractivity contribution in [3.05, 3.63) is 34.5 Å². The molecular formula is C23H24O13. The smallest absolute Gasteiger partial charge is 0.239 e. The summed E-state index contributed by atoms with van der Waals surface area (Å²) in [4.78, 5) is 13.6. The minimum absolute atomic E-state index is 0.000225. The van der Waals surface area contributed by atoms with Gasteiger partial charge in [0, 0.05) is 11.6 Å². The van der Waals surface area contributed by atoms with Crippen LogP contribution in [0.5, 0.6) is 34.5 Å². The van der Waals surface area contributed by atoms with E-state index in [4.69, 9.17) is 23.4 Å². The number of aliphatic hydroxyl groups is 4. The van der Waals surface area contributed by atoms with Crippen LogP contribution in [-0.4, -0.2) is 87.3 Å². The van der Waals surface area contributed by atoms with Gasteiger partial charge in [-0.25, -0.2) is 0 Å². The predicted molar refractivity (Wildman–Crippen MR) is 120 cm³/mol. The SMILES string of the molecule is COc1cc(-c2oc3c(OC)c(O)cc(O)c3c(=O)c2O[C@@H]2O[C@H](CO)[C@@H](O)[C@H](O)[C@H]2O)ccc1O. The maximum Gasteiger partial charge on any atom is 0.239 e. The minimum Gasteiger partial charge on any atom is -0.507 e. The van der Waals surface area contributed by atoms with Crippen molar-refractivity contribution in [3.8, 4) is 45.8 Å². The Labute approximate surface area is 202 Å². The molecule has 1 aromatic heterocycles. The Morgan fingerprint density at radius 3 is 2.25 bits per heavy atom. The normalized spacial score (nSPS) is 24.0. The van der Waals surface area contributed by atoms with E-state index < -0.39 is 65.4 Å². The molecule has 0 bridgehead atoms. The molecule has 1 fully saturated rings. The molecule has 1 aliphatic rings. The zero-order valence-electron chi connectivity index (χ0n) is 19.0. The Morgan fingerprint density at radius 2 is 1.61 bits per heavy atom. The van der Waals surface area contributed by atoms with Gasteiger partial charge in [-0.2, -0.15) is 0 Å². The van der Waals surface area contributed by atoms with Crippen molar-refractivity contribution in [2.24, 2.45) is 0 Å². The second-order valence-corrected chi connectivity index (χ2v) is 7.94. The van der Waals surface area contributed by atoms with Gasteiger partial charge >= 0.3 is 0 Å². The van der Waals surface area contributed by atoms with Crippen molar-refractivity contribution in [2.45, 2.75) is 30.7 Å². The van der Waals surface area contributed by atoms with Crippen molar-refractivity contribution in [3.63, 3.8) is 0 Å². The summed E-state index contributed by atoms with van der Waals surface area (Å²) in [5, 5.41) is 70.1. The number of fused-ring (bicyclic) bond motifs is 1. The molecule has 0 saturated carbocycles. The van der Waals surface area contributed by atoms with Crippen LogP contribution < -0.4 is 19.6 Å². The largest absolute Gasteiger partial charge is 0.507 e. The molecule has 7 N–H and O–H groups in total. The third kappa shape index (κ3) is 4.12. The second kappa shape index (κ2) is 9.72. The lowest BCUT2D eigenvalue weighted by Gasteiger charge is -2.39. The van der Waals surface area contributed by atoms with E-state index >= 15 is 0 Å². The van der Waals surface area contributed by atoms with E-state index in [1.807, 2.05) is 0 Å². The molecule has 194 valence electrons. The topological polar surface area (TPSA) is 209 Å². The summed E-state index contributed by atoms with van der Waals surface area (Å²) < 4.78 is 27.1. The number of ether oxygens (including phenoxy) is 4. The van der Waals surface area contributed by atoms with Gasteiger partial charge in [0.2, 0.25) is 23.2 Å². The first kappa shape index (κ1) is 25.3. The lowest BCUT2D eigenvalue weighted by molar-refractivity contribution is -0.277. The quantitative estimate of drug-likeness (QED) is 0.230. The van der Waals surface area contributed by atoms with E-state index in [1.54, 1.807) is 0 Å². The summed E-state index contributed by atoms with van der Waals surface area (Å²) in [6.45, 7) is -0.740. The van der Waals surface area contributed by atoms with Crippen LogP contribution in [0.15, 0.2) is 33.5 Å². The van der Waals surface area contributed by atoms with Crippen molar-refractivity contribution in [1.29, 1.82) is 0 Å². The monoisotopic (exact) mass is 508 g/mol. The van der Waals surface area contributed by atoms with Crippen LogP contribution in [0.25, 0.3) is 22.3 Å². The fraction of sp³-hybridized carbons (Fsp3) is 0.348. The molecule has 13 heteroatoms. The lowest BCUT2D eigenvalue weighted by atomic mass is 9.99. The minimum atomic E-state index is -1.86. The standard InChI is InChI=1S/C23H24O13/c1-32-12-5-8(3-4-9(12)25)19-22(36-23-18(31)17(30)15(28)13(7-24)34-23)16(29)14-10(26)6-11(27)20(33-2)21(14)35-19/h3-6,13,15,17-18,23-28,30-31H,7H2,1-2H3/t13-,15-,17+,18-,23+/m1/s1. The number of aliphatic hydroxyl groups excluding tert-OH is 4. The molecular weight excluding hydrogens is 484 g/mol. The molecule has 0 amide bonds. The number of methoxy groups -OCH3 is 2. The molecule has 13 nitrogen and oxygen atoms in total. The Hall–Kier alpha value is -3.75. The highest BCUT2D eigenvalue weighted by atomic mass is 16.7. The van der Waals surface area contributed by atoms with Gasteiger partial charge in [-0.05, 0) is 18.2 Å². The Balaban J connectivity index is 1.98. The first-order valence-electron chi connectivity index (χ1n) is 10.6. The Bertz CT molecular complexity index is 1330. The predicted octanol–water partition coefficient (Wildman–Crippen LogP) is -0.227. The molecule has 2 heterocycles. The summed E-state index contributed by atoms with van der Waals surface area (Å²) in [5.74, 6) is -2.62. The van der Waals surface area contributed by atoms with Gasteiger partial charge in [0.25, 0.3) is 0 Å². The number of phenols is 3. The van der Waals surface area contributed by atoms with Gasteiger partial charge < -0.3 is 59.1 Å². The maximum absolute atomic E-state index is 13.6. The van der Waals surface area contributed by atoms with E-state index in [-0.39, 0.29) is 34.2 Å². The van der Waals surface area contributed by atoms with Gasteiger partial charge in [0.05, 0.1) is 20.8 Å². The van der Waals surface area contributed by atoms with Crippen molar-refractivity contribution in [1.82, 2.24) is 0 Å². The van der Waals surface area contributed by atoms with Crippen molar-refractivity contribution >= 4 is 11.0 Å². The number of hydrogen-bond acceptors (Lipinski definition) is 13. The van der Waals surface area contributed by atoms with E-state index in [2.05, 4.69) is 0 Å². The zero-order valence-corrected chi connectivity index (χ0v) is 19.0. The molecule has 3 aromatic rings. The molecule has 36 heavy (non-hydrogen) atoms. The first-order valence-corrected chi connectivity index (χ1v) is 10.6. The fourth-order valence-corrected chi connectivity index (χ4v) is 3.89. The highest BCUT2D eigenvalue weighted by Crippen LogP contribution is 2.44. The average molecular weight is 508 g/mol. The first-order chi connectivity index (χ1) is 17.1. The summed E-state index contributed by atoms with van der Waals surface area (Å²) in [7, 11) is 2.49. The number of phenolic OH excluding ortho intramolecular Hbond substituents is 3. The van der Waals surface area contributed by atoms with Crippen LogP contribution in [0.4, 0.5) is 0 Å². The van der Waals surface area contributed by atoms with Gasteiger partial charge in [-0.15, -0.1) is 0 Å². The number of aromatic hydroxyl groups is 3. The van der Waals surface area contributed by atoms with Crippen molar-refractivity contribution in [2.75, 3.05) is 20.8 Å².